The first-order chi connectivity index (χ1) is 9.52. The molecule has 1 aromatic carbocycles. The van der Waals surface area contributed by atoms with Gasteiger partial charge in [-0.15, -0.1) is 0 Å². The van der Waals surface area contributed by atoms with Gasteiger partial charge in [0.1, 0.15) is 0 Å². The van der Waals surface area contributed by atoms with Crippen LogP contribution >= 0.6 is 0 Å². The topological polar surface area (TPSA) is 74.3 Å². The van der Waals surface area contributed by atoms with Gasteiger partial charge in [0.25, 0.3) is 5.56 Å². The van der Waals surface area contributed by atoms with Crippen molar-refractivity contribution in [3.05, 3.63) is 45.4 Å². The number of fused-ring (bicyclic) bond motifs is 3. The SMILES string of the molecule is CNC1COC(O)c2[nH]c(=O)c3cc(F)c(F)cc3c21. The third-order valence-corrected chi connectivity index (χ3v) is 3.50. The van der Waals surface area contributed by atoms with Crippen molar-refractivity contribution in [2.45, 2.75) is 12.3 Å². The molecule has 7 heteroatoms. The number of benzene rings is 1. The molecule has 0 aliphatic carbocycles. The molecule has 0 saturated carbocycles. The first kappa shape index (κ1) is 13.2. The van der Waals surface area contributed by atoms with Gasteiger partial charge in [0.05, 0.1) is 23.7 Å². The molecular weight excluding hydrogens is 270 g/mol. The highest BCUT2D eigenvalue weighted by molar-refractivity contribution is 5.86. The van der Waals surface area contributed by atoms with Crippen LogP contribution in [0.3, 0.4) is 0 Å². The summed E-state index contributed by atoms with van der Waals surface area (Å²) in [5.41, 5.74) is 0.0795. The molecule has 0 radical (unpaired) electrons. The minimum atomic E-state index is -1.29. The highest BCUT2D eigenvalue weighted by Gasteiger charge is 2.29. The second-order valence-electron chi connectivity index (χ2n) is 4.62. The summed E-state index contributed by atoms with van der Waals surface area (Å²) in [4.78, 5) is 14.4. The molecule has 2 aromatic rings. The molecule has 3 N–H and O–H groups in total. The molecule has 0 amide bonds. The number of aliphatic hydroxyl groups is 1. The Kier molecular flexibility index (Phi) is 3.04. The van der Waals surface area contributed by atoms with E-state index in [1.807, 2.05) is 0 Å². The van der Waals surface area contributed by atoms with Crippen LogP contribution in [-0.2, 0) is 4.74 Å². The molecule has 2 unspecified atom stereocenters. The molecule has 0 fully saturated rings. The van der Waals surface area contributed by atoms with E-state index in [0.717, 1.165) is 12.1 Å². The Morgan fingerprint density at radius 3 is 2.65 bits per heavy atom. The van der Waals surface area contributed by atoms with Crippen LogP contribution in [0.5, 0.6) is 0 Å². The Balaban J connectivity index is 2.43. The van der Waals surface area contributed by atoms with Gasteiger partial charge in [-0.25, -0.2) is 8.78 Å². The Morgan fingerprint density at radius 1 is 1.35 bits per heavy atom. The maximum atomic E-state index is 13.5. The maximum absolute atomic E-state index is 13.5. The summed E-state index contributed by atoms with van der Waals surface area (Å²) in [5.74, 6) is -2.13. The van der Waals surface area contributed by atoms with Crippen LogP contribution in [0, 0.1) is 11.6 Å². The highest BCUT2D eigenvalue weighted by Crippen LogP contribution is 2.34. The van der Waals surface area contributed by atoms with E-state index in [4.69, 9.17) is 4.74 Å². The first-order valence-electron chi connectivity index (χ1n) is 6.04. The number of nitrogens with one attached hydrogen (secondary N) is 2. The average molecular weight is 282 g/mol. The quantitative estimate of drug-likeness (QED) is 0.732. The number of aromatic nitrogens is 1. The number of likely N-dealkylation sites (N-methyl/N-ethyl adjacent to an activating group) is 1. The van der Waals surface area contributed by atoms with Crippen molar-refractivity contribution >= 4 is 10.8 Å². The molecular formula is C13H12F2N2O3. The van der Waals surface area contributed by atoms with Crippen molar-refractivity contribution < 1.29 is 18.6 Å². The second-order valence-corrected chi connectivity index (χ2v) is 4.62. The van der Waals surface area contributed by atoms with Crippen LogP contribution in [0.15, 0.2) is 16.9 Å². The summed E-state index contributed by atoms with van der Waals surface area (Å²) >= 11 is 0. The summed E-state index contributed by atoms with van der Waals surface area (Å²) in [6.07, 6.45) is -1.29. The third-order valence-electron chi connectivity index (χ3n) is 3.50. The molecule has 3 rings (SSSR count). The lowest BCUT2D eigenvalue weighted by molar-refractivity contribution is -0.122. The molecule has 2 heterocycles. The van der Waals surface area contributed by atoms with Gasteiger partial charge in [0.2, 0.25) is 0 Å². The third kappa shape index (κ3) is 1.82. The lowest BCUT2D eigenvalue weighted by Gasteiger charge is -2.29. The fourth-order valence-corrected chi connectivity index (χ4v) is 2.51. The van der Waals surface area contributed by atoms with Crippen molar-refractivity contribution in [3.8, 4) is 0 Å². The summed E-state index contributed by atoms with van der Waals surface area (Å²) in [6.45, 7) is 0.158. The van der Waals surface area contributed by atoms with Crippen molar-refractivity contribution in [1.29, 1.82) is 0 Å². The van der Waals surface area contributed by atoms with Gasteiger partial charge in [0, 0.05) is 5.56 Å². The lowest BCUT2D eigenvalue weighted by atomic mass is 9.96. The minimum absolute atomic E-state index is 0.0389. The van der Waals surface area contributed by atoms with Crippen molar-refractivity contribution in [2.75, 3.05) is 13.7 Å². The minimum Gasteiger partial charge on any atom is -0.363 e. The second kappa shape index (κ2) is 4.62. The Labute approximate surface area is 112 Å². The lowest BCUT2D eigenvalue weighted by Crippen LogP contribution is -2.32. The number of aliphatic hydroxyl groups excluding tert-OH is 1. The van der Waals surface area contributed by atoms with E-state index in [0.29, 0.717) is 5.56 Å². The molecule has 2 atom stereocenters. The van der Waals surface area contributed by atoms with E-state index in [-0.39, 0.29) is 29.1 Å². The first-order valence-corrected chi connectivity index (χ1v) is 6.04. The van der Waals surface area contributed by atoms with Crippen LogP contribution in [0.1, 0.15) is 23.6 Å². The number of rotatable bonds is 1. The Morgan fingerprint density at radius 2 is 2.00 bits per heavy atom. The van der Waals surface area contributed by atoms with E-state index in [2.05, 4.69) is 10.3 Å². The van der Waals surface area contributed by atoms with Crippen molar-refractivity contribution in [3.63, 3.8) is 0 Å². The van der Waals surface area contributed by atoms with Crippen molar-refractivity contribution in [1.82, 2.24) is 10.3 Å². The van der Waals surface area contributed by atoms with E-state index in [9.17, 15) is 18.7 Å². The number of pyridine rings is 1. The maximum Gasteiger partial charge on any atom is 0.256 e. The molecule has 0 spiro atoms. The molecule has 1 aromatic heterocycles. The van der Waals surface area contributed by atoms with Crippen LogP contribution < -0.4 is 10.9 Å². The standard InChI is InChI=1S/C13H12F2N2O3/c1-16-9-4-20-13(19)11-10(9)5-2-7(14)8(15)3-6(5)12(18)17-11/h2-3,9,13,16,19H,4H2,1H3,(H,17,18). The number of halogens is 2. The predicted molar refractivity (Wildman–Crippen MR) is 67.2 cm³/mol. The van der Waals surface area contributed by atoms with Crippen LogP contribution in [0.2, 0.25) is 0 Å². The Hall–Kier alpha value is -1.83. The highest BCUT2D eigenvalue weighted by atomic mass is 19.2. The summed E-state index contributed by atoms with van der Waals surface area (Å²) in [7, 11) is 1.67. The molecule has 0 bridgehead atoms. The van der Waals surface area contributed by atoms with Gasteiger partial charge in [0.15, 0.2) is 17.9 Å². The molecule has 5 nitrogen and oxygen atoms in total. The zero-order valence-electron chi connectivity index (χ0n) is 10.5. The van der Waals surface area contributed by atoms with E-state index >= 15 is 0 Å². The number of aromatic amines is 1. The largest absolute Gasteiger partial charge is 0.363 e. The zero-order chi connectivity index (χ0) is 14.4. The summed E-state index contributed by atoms with van der Waals surface area (Å²) < 4.78 is 31.9. The molecule has 20 heavy (non-hydrogen) atoms. The molecule has 0 saturated heterocycles. The summed E-state index contributed by atoms with van der Waals surface area (Å²) in [6, 6.07) is 1.50. The number of H-pyrrole nitrogens is 1. The van der Waals surface area contributed by atoms with Gasteiger partial charge in [-0.05, 0) is 24.6 Å². The molecule has 1 aliphatic heterocycles. The number of hydrogen-bond donors (Lipinski definition) is 3. The van der Waals surface area contributed by atoms with Crippen LogP contribution in [0.25, 0.3) is 10.8 Å². The van der Waals surface area contributed by atoms with Gasteiger partial charge in [-0.1, -0.05) is 0 Å². The fraction of sp³-hybridized carbons (Fsp3) is 0.308. The van der Waals surface area contributed by atoms with Crippen molar-refractivity contribution in [2.24, 2.45) is 0 Å². The predicted octanol–water partition coefficient (Wildman–Crippen LogP) is 1.09. The average Bonchev–Trinajstić information content (AvgIpc) is 2.42. The smallest absolute Gasteiger partial charge is 0.256 e. The molecule has 106 valence electrons. The van der Waals surface area contributed by atoms with Crippen LogP contribution in [0.4, 0.5) is 8.78 Å². The fourth-order valence-electron chi connectivity index (χ4n) is 2.51. The van der Waals surface area contributed by atoms with Gasteiger partial charge in [-0.2, -0.15) is 0 Å². The number of hydrogen-bond acceptors (Lipinski definition) is 4. The molecule has 1 aliphatic rings. The Bertz CT molecular complexity index is 744. The normalized spacial score (nSPS) is 22.0. The van der Waals surface area contributed by atoms with E-state index < -0.39 is 23.5 Å². The van der Waals surface area contributed by atoms with Gasteiger partial charge in [-0.3, -0.25) is 4.79 Å². The van der Waals surface area contributed by atoms with Gasteiger partial charge < -0.3 is 20.1 Å². The van der Waals surface area contributed by atoms with Gasteiger partial charge >= 0.3 is 0 Å². The number of ether oxygens (including phenoxy) is 1. The van der Waals surface area contributed by atoms with E-state index in [1.165, 1.54) is 0 Å². The zero-order valence-corrected chi connectivity index (χ0v) is 10.5. The van der Waals surface area contributed by atoms with E-state index in [1.54, 1.807) is 7.05 Å². The van der Waals surface area contributed by atoms with Crippen LogP contribution in [-0.4, -0.2) is 23.7 Å². The monoisotopic (exact) mass is 282 g/mol. The summed E-state index contributed by atoms with van der Waals surface area (Å²) in [5, 5.41) is 13.1.